The van der Waals surface area contributed by atoms with Crippen molar-refractivity contribution >= 4 is 22.9 Å². The minimum Gasteiger partial charge on any atom is -0.347 e. The molecule has 0 spiro atoms. The summed E-state index contributed by atoms with van der Waals surface area (Å²) in [5, 5.41) is 6.68. The number of carbonyl (C=O) groups excluding carboxylic acids is 1. The van der Waals surface area contributed by atoms with E-state index in [2.05, 4.69) is 20.4 Å². The normalized spacial score (nSPS) is 11.1. The number of H-pyrrole nitrogens is 1. The smallest absolute Gasteiger partial charge is 0.285 e. The summed E-state index contributed by atoms with van der Waals surface area (Å²) >= 11 is 1.58. The number of hydrogen-bond acceptors (Lipinski definition) is 5. The summed E-state index contributed by atoms with van der Waals surface area (Å²) in [5.41, 5.74) is 1.82. The molecule has 0 bridgehead atoms. The topological polar surface area (TPSA) is 92.2 Å². The molecule has 3 aromatic rings. The lowest BCUT2D eigenvalue weighted by atomic mass is 10.3. The van der Waals surface area contributed by atoms with Crippen LogP contribution in [0.25, 0.3) is 5.65 Å². The largest absolute Gasteiger partial charge is 0.347 e. The second kappa shape index (κ2) is 5.96. The van der Waals surface area contributed by atoms with Crippen molar-refractivity contribution in [1.82, 2.24) is 24.9 Å². The number of aromatic amines is 1. The predicted octanol–water partition coefficient (Wildman–Crippen LogP) is 1.59. The maximum atomic E-state index is 12.3. The molecule has 0 fully saturated rings. The van der Waals surface area contributed by atoms with Crippen molar-refractivity contribution in [3.8, 4) is 0 Å². The maximum absolute atomic E-state index is 12.3. The summed E-state index contributed by atoms with van der Waals surface area (Å²) in [4.78, 5) is 34.2. The Bertz CT molecular complexity index is 937. The number of aryl methyl sites for hydroxylation is 3. The lowest BCUT2D eigenvalue weighted by Crippen LogP contribution is -2.31. The lowest BCUT2D eigenvalue weighted by molar-refractivity contribution is 0.0949. The van der Waals surface area contributed by atoms with E-state index in [0.717, 1.165) is 27.7 Å². The molecule has 2 N–H and O–H groups in total. The molecule has 23 heavy (non-hydrogen) atoms. The van der Waals surface area contributed by atoms with Crippen LogP contribution in [-0.2, 0) is 13.0 Å². The molecule has 0 saturated heterocycles. The van der Waals surface area contributed by atoms with Crippen LogP contribution in [0.1, 0.15) is 38.6 Å². The zero-order valence-electron chi connectivity index (χ0n) is 13.1. The van der Waals surface area contributed by atoms with Gasteiger partial charge in [-0.15, -0.1) is 11.3 Å². The molecule has 0 atom stereocenters. The Balaban J connectivity index is 1.82. The first-order valence-corrected chi connectivity index (χ1v) is 8.12. The third-order valence-electron chi connectivity index (χ3n) is 3.52. The van der Waals surface area contributed by atoms with E-state index in [1.807, 2.05) is 20.8 Å². The SMILES string of the molecule is CCc1nc(C)c(CNC(=O)c2cnc3cc(C)[nH]n3c2=O)s1. The van der Waals surface area contributed by atoms with Crippen LogP contribution >= 0.6 is 11.3 Å². The van der Waals surface area contributed by atoms with Crippen molar-refractivity contribution in [3.63, 3.8) is 0 Å². The van der Waals surface area contributed by atoms with Crippen molar-refractivity contribution in [2.75, 3.05) is 0 Å². The van der Waals surface area contributed by atoms with Gasteiger partial charge in [0, 0.05) is 22.8 Å². The maximum Gasteiger partial charge on any atom is 0.285 e. The van der Waals surface area contributed by atoms with Crippen LogP contribution in [0.3, 0.4) is 0 Å². The molecule has 3 rings (SSSR count). The van der Waals surface area contributed by atoms with E-state index in [1.165, 1.54) is 10.7 Å². The number of rotatable bonds is 4. The zero-order valence-corrected chi connectivity index (χ0v) is 14.0. The second-order valence-electron chi connectivity index (χ2n) is 5.26. The van der Waals surface area contributed by atoms with Crippen molar-refractivity contribution in [2.24, 2.45) is 0 Å². The molecule has 8 heteroatoms. The molecule has 0 unspecified atom stereocenters. The van der Waals surface area contributed by atoms with Gasteiger partial charge < -0.3 is 5.32 Å². The quantitative estimate of drug-likeness (QED) is 0.759. The fourth-order valence-electron chi connectivity index (χ4n) is 2.30. The number of fused-ring (bicyclic) bond motifs is 1. The molecule has 120 valence electrons. The first-order valence-electron chi connectivity index (χ1n) is 7.30. The van der Waals surface area contributed by atoms with Crippen LogP contribution < -0.4 is 10.9 Å². The molecule has 0 aliphatic rings. The standard InChI is InChI=1S/C15H17N5O2S/c1-4-13-18-9(3)11(23-13)7-17-14(21)10-6-16-12-5-8(2)19-20(12)15(10)22/h5-6,19H,4,7H2,1-3H3,(H,17,21). The average molecular weight is 331 g/mol. The van der Waals surface area contributed by atoms with Gasteiger partial charge in [0.2, 0.25) is 0 Å². The van der Waals surface area contributed by atoms with E-state index in [0.29, 0.717) is 12.2 Å². The Hall–Kier alpha value is -2.48. The zero-order chi connectivity index (χ0) is 16.6. The second-order valence-corrected chi connectivity index (χ2v) is 6.43. The molecule has 0 radical (unpaired) electrons. The number of nitrogens with zero attached hydrogens (tertiary/aromatic N) is 3. The number of nitrogens with one attached hydrogen (secondary N) is 2. The predicted molar refractivity (Wildman–Crippen MR) is 87.9 cm³/mol. The van der Waals surface area contributed by atoms with Crippen LogP contribution in [0, 0.1) is 13.8 Å². The highest BCUT2D eigenvalue weighted by molar-refractivity contribution is 7.11. The monoisotopic (exact) mass is 331 g/mol. The van der Waals surface area contributed by atoms with Crippen molar-refractivity contribution in [1.29, 1.82) is 0 Å². The number of thiazole rings is 1. The van der Waals surface area contributed by atoms with Crippen molar-refractivity contribution in [2.45, 2.75) is 33.7 Å². The summed E-state index contributed by atoms with van der Waals surface area (Å²) in [5.74, 6) is -0.435. The van der Waals surface area contributed by atoms with Crippen LogP contribution in [0.4, 0.5) is 0 Å². The minimum atomic E-state index is -0.435. The van der Waals surface area contributed by atoms with Gasteiger partial charge in [-0.3, -0.25) is 14.7 Å². The Labute approximate surface area is 136 Å². The van der Waals surface area contributed by atoms with Gasteiger partial charge in [-0.05, 0) is 20.3 Å². The number of carbonyl (C=O) groups is 1. The molecule has 0 aliphatic carbocycles. The summed E-state index contributed by atoms with van der Waals surface area (Å²) in [6, 6.07) is 1.75. The lowest BCUT2D eigenvalue weighted by Gasteiger charge is -2.04. The molecule has 3 heterocycles. The summed E-state index contributed by atoms with van der Waals surface area (Å²) in [7, 11) is 0. The third-order valence-corrected chi connectivity index (χ3v) is 4.82. The molecule has 0 aliphatic heterocycles. The molecule has 0 aromatic carbocycles. The Morgan fingerprint density at radius 1 is 1.43 bits per heavy atom. The van der Waals surface area contributed by atoms with Crippen molar-refractivity contribution < 1.29 is 4.79 Å². The van der Waals surface area contributed by atoms with Gasteiger partial charge in [-0.2, -0.15) is 0 Å². The van der Waals surface area contributed by atoms with Crippen molar-refractivity contribution in [3.05, 3.63) is 49.5 Å². The van der Waals surface area contributed by atoms with E-state index < -0.39 is 11.5 Å². The first-order chi connectivity index (χ1) is 11.0. The van der Waals surface area contributed by atoms with Crippen LogP contribution in [-0.4, -0.2) is 25.5 Å². The Kier molecular flexibility index (Phi) is 3.99. The van der Waals surface area contributed by atoms with Gasteiger partial charge in [0.1, 0.15) is 5.56 Å². The minimum absolute atomic E-state index is 0.0160. The van der Waals surface area contributed by atoms with Gasteiger partial charge in [-0.1, -0.05) is 6.92 Å². The fraction of sp³-hybridized carbons (Fsp3) is 0.333. The number of hydrogen-bond donors (Lipinski definition) is 2. The first kappa shape index (κ1) is 15.4. The van der Waals surface area contributed by atoms with Gasteiger partial charge in [0.25, 0.3) is 11.5 Å². The highest BCUT2D eigenvalue weighted by Crippen LogP contribution is 2.18. The van der Waals surface area contributed by atoms with E-state index in [1.54, 1.807) is 17.4 Å². The van der Waals surface area contributed by atoms with Crippen LogP contribution in [0.15, 0.2) is 17.1 Å². The van der Waals surface area contributed by atoms with E-state index in [9.17, 15) is 9.59 Å². The van der Waals surface area contributed by atoms with Gasteiger partial charge >= 0.3 is 0 Å². The highest BCUT2D eigenvalue weighted by Gasteiger charge is 2.15. The molecule has 1 amide bonds. The van der Waals surface area contributed by atoms with Gasteiger partial charge in [-0.25, -0.2) is 14.5 Å². The van der Waals surface area contributed by atoms with Gasteiger partial charge in [0.05, 0.1) is 17.2 Å². The average Bonchev–Trinajstić information content (AvgIpc) is 3.08. The molecule has 3 aromatic heterocycles. The Morgan fingerprint density at radius 2 is 2.22 bits per heavy atom. The van der Waals surface area contributed by atoms with E-state index >= 15 is 0 Å². The van der Waals surface area contributed by atoms with E-state index in [-0.39, 0.29) is 5.56 Å². The fourth-order valence-corrected chi connectivity index (χ4v) is 3.24. The molecule has 0 saturated carbocycles. The molecule has 7 nitrogen and oxygen atoms in total. The Morgan fingerprint density at radius 3 is 2.91 bits per heavy atom. The summed E-state index contributed by atoms with van der Waals surface area (Å²) in [6.07, 6.45) is 2.19. The summed E-state index contributed by atoms with van der Waals surface area (Å²) in [6.45, 7) is 6.14. The third kappa shape index (κ3) is 2.89. The molecular formula is C15H17N5O2S. The van der Waals surface area contributed by atoms with E-state index in [4.69, 9.17) is 0 Å². The number of aromatic nitrogens is 4. The number of amides is 1. The van der Waals surface area contributed by atoms with Crippen LogP contribution in [0.2, 0.25) is 0 Å². The molecular weight excluding hydrogens is 314 g/mol. The van der Waals surface area contributed by atoms with Gasteiger partial charge in [0.15, 0.2) is 5.65 Å². The highest BCUT2D eigenvalue weighted by atomic mass is 32.1. The van der Waals surface area contributed by atoms with Crippen LogP contribution in [0.5, 0.6) is 0 Å². The summed E-state index contributed by atoms with van der Waals surface area (Å²) < 4.78 is 1.28.